The van der Waals surface area contributed by atoms with Gasteiger partial charge in [0.05, 0.1) is 10.6 Å². The van der Waals surface area contributed by atoms with Gasteiger partial charge in [0.25, 0.3) is 5.91 Å². The summed E-state index contributed by atoms with van der Waals surface area (Å²) in [6.07, 6.45) is 1.73. The van der Waals surface area contributed by atoms with Crippen molar-refractivity contribution in [3.8, 4) is 11.3 Å². The molecule has 0 aliphatic carbocycles. The van der Waals surface area contributed by atoms with Gasteiger partial charge in [0, 0.05) is 12.7 Å². The monoisotopic (exact) mass is 297 g/mol. The molecule has 3 aromatic rings. The summed E-state index contributed by atoms with van der Waals surface area (Å²) < 4.78 is 0. The Morgan fingerprint density at radius 3 is 2.67 bits per heavy atom. The number of hydrogen-bond acceptors (Lipinski definition) is 3. The molecule has 0 aliphatic heterocycles. The number of carbonyl (C=O) groups excluding carboxylic acids is 1. The number of rotatable bonds is 4. The van der Waals surface area contributed by atoms with Crippen molar-refractivity contribution in [2.75, 3.05) is 0 Å². The lowest BCUT2D eigenvalue weighted by atomic mass is 10.1. The van der Waals surface area contributed by atoms with Crippen LogP contribution in [0.15, 0.2) is 48.0 Å². The zero-order chi connectivity index (χ0) is 14.7. The van der Waals surface area contributed by atoms with Gasteiger partial charge < -0.3 is 5.32 Å². The molecule has 106 valence electrons. The van der Waals surface area contributed by atoms with E-state index in [-0.39, 0.29) is 5.91 Å². The third-order valence-corrected chi connectivity index (χ3v) is 4.30. The van der Waals surface area contributed by atoms with Crippen LogP contribution >= 0.6 is 11.3 Å². The molecule has 21 heavy (non-hydrogen) atoms. The molecule has 0 radical (unpaired) electrons. The molecule has 1 aromatic carbocycles. The Kier molecular flexibility index (Phi) is 3.83. The van der Waals surface area contributed by atoms with Crippen LogP contribution in [0, 0.1) is 6.92 Å². The van der Waals surface area contributed by atoms with Gasteiger partial charge in [0.1, 0.15) is 0 Å². The van der Waals surface area contributed by atoms with E-state index in [2.05, 4.69) is 15.5 Å². The lowest BCUT2D eigenvalue weighted by Gasteiger charge is -2.06. The molecule has 2 N–H and O–H groups in total. The Labute approximate surface area is 126 Å². The van der Waals surface area contributed by atoms with Crippen molar-refractivity contribution in [1.29, 1.82) is 0 Å². The molecule has 2 heterocycles. The van der Waals surface area contributed by atoms with Gasteiger partial charge in [0.15, 0.2) is 0 Å². The fourth-order valence-corrected chi connectivity index (χ4v) is 2.93. The van der Waals surface area contributed by atoms with Gasteiger partial charge in [-0.15, -0.1) is 11.3 Å². The molecule has 0 saturated heterocycles. The molecule has 0 bridgehead atoms. The van der Waals surface area contributed by atoms with Crippen molar-refractivity contribution in [2.24, 2.45) is 0 Å². The fourth-order valence-electron chi connectivity index (χ4n) is 2.09. The van der Waals surface area contributed by atoms with Gasteiger partial charge in [-0.2, -0.15) is 5.10 Å². The number of thiophene rings is 1. The minimum atomic E-state index is -0.0138. The van der Waals surface area contributed by atoms with E-state index in [1.807, 2.05) is 48.7 Å². The summed E-state index contributed by atoms with van der Waals surface area (Å²) in [5, 5.41) is 11.7. The van der Waals surface area contributed by atoms with Gasteiger partial charge >= 0.3 is 0 Å². The van der Waals surface area contributed by atoms with Crippen molar-refractivity contribution in [2.45, 2.75) is 13.5 Å². The van der Waals surface area contributed by atoms with Crippen LogP contribution in [-0.2, 0) is 6.54 Å². The first kappa shape index (κ1) is 13.6. The molecule has 0 unspecified atom stereocenters. The summed E-state index contributed by atoms with van der Waals surface area (Å²) >= 11 is 1.47. The van der Waals surface area contributed by atoms with Crippen molar-refractivity contribution < 1.29 is 4.79 Å². The van der Waals surface area contributed by atoms with Gasteiger partial charge in [-0.05, 0) is 41.1 Å². The van der Waals surface area contributed by atoms with Crippen LogP contribution in [0.4, 0.5) is 0 Å². The second-order valence-corrected chi connectivity index (χ2v) is 5.70. The summed E-state index contributed by atoms with van der Waals surface area (Å²) in [7, 11) is 0. The molecule has 0 spiro atoms. The summed E-state index contributed by atoms with van der Waals surface area (Å²) in [6.45, 7) is 2.48. The van der Waals surface area contributed by atoms with Crippen LogP contribution in [0.2, 0.25) is 0 Å². The molecule has 1 amide bonds. The van der Waals surface area contributed by atoms with Crippen molar-refractivity contribution in [3.63, 3.8) is 0 Å². The van der Waals surface area contributed by atoms with Gasteiger partial charge in [0.2, 0.25) is 0 Å². The van der Waals surface area contributed by atoms with Crippen LogP contribution < -0.4 is 5.32 Å². The Balaban J connectivity index is 1.64. The second kappa shape index (κ2) is 5.93. The molecule has 2 aromatic heterocycles. The van der Waals surface area contributed by atoms with Gasteiger partial charge in [-0.1, -0.05) is 24.3 Å². The Hall–Kier alpha value is -2.40. The molecule has 3 rings (SSSR count). The van der Waals surface area contributed by atoms with E-state index in [1.165, 1.54) is 11.3 Å². The molecule has 0 saturated carbocycles. The second-order valence-electron chi connectivity index (χ2n) is 4.78. The summed E-state index contributed by atoms with van der Waals surface area (Å²) in [4.78, 5) is 12.8. The number of amides is 1. The maximum atomic E-state index is 12.0. The first-order valence-electron chi connectivity index (χ1n) is 6.65. The highest BCUT2D eigenvalue weighted by Crippen LogP contribution is 2.17. The number of aromatic amines is 1. The van der Waals surface area contributed by atoms with Crippen molar-refractivity contribution >= 4 is 17.2 Å². The summed E-state index contributed by atoms with van der Waals surface area (Å²) in [5.41, 5.74) is 4.16. The first-order valence-corrected chi connectivity index (χ1v) is 7.53. The van der Waals surface area contributed by atoms with E-state index in [0.717, 1.165) is 27.3 Å². The van der Waals surface area contributed by atoms with E-state index >= 15 is 0 Å². The SMILES string of the molecule is Cc1ccsc1C(=O)NCc1ccc(-c2ccn[nH]2)cc1. The molecule has 0 aliphatic rings. The number of nitrogens with one attached hydrogen (secondary N) is 2. The highest BCUT2D eigenvalue weighted by Gasteiger charge is 2.09. The van der Waals surface area contributed by atoms with Crippen LogP contribution in [0.5, 0.6) is 0 Å². The zero-order valence-corrected chi connectivity index (χ0v) is 12.4. The molecule has 5 heteroatoms. The van der Waals surface area contributed by atoms with E-state index in [9.17, 15) is 4.79 Å². The predicted octanol–water partition coefficient (Wildman–Crippen LogP) is 3.38. The number of H-pyrrole nitrogens is 1. The zero-order valence-electron chi connectivity index (χ0n) is 11.6. The van der Waals surface area contributed by atoms with Crippen LogP contribution in [0.3, 0.4) is 0 Å². The van der Waals surface area contributed by atoms with Crippen LogP contribution in [0.1, 0.15) is 20.8 Å². The standard InChI is InChI=1S/C16H15N3OS/c1-11-7-9-21-15(11)16(20)17-10-12-2-4-13(5-3-12)14-6-8-18-19-14/h2-9H,10H2,1H3,(H,17,20)(H,18,19). The number of aromatic nitrogens is 2. The third-order valence-electron chi connectivity index (χ3n) is 3.29. The molecular weight excluding hydrogens is 282 g/mol. The maximum Gasteiger partial charge on any atom is 0.261 e. The number of benzene rings is 1. The van der Waals surface area contributed by atoms with E-state index in [1.54, 1.807) is 6.20 Å². The topological polar surface area (TPSA) is 57.8 Å². The number of hydrogen-bond donors (Lipinski definition) is 2. The van der Waals surface area contributed by atoms with Crippen molar-refractivity contribution in [1.82, 2.24) is 15.5 Å². The molecule has 4 nitrogen and oxygen atoms in total. The smallest absolute Gasteiger partial charge is 0.261 e. The summed E-state index contributed by atoms with van der Waals surface area (Å²) in [5.74, 6) is -0.0138. The largest absolute Gasteiger partial charge is 0.347 e. The quantitative estimate of drug-likeness (QED) is 0.775. The highest BCUT2D eigenvalue weighted by atomic mass is 32.1. The average molecular weight is 297 g/mol. The van der Waals surface area contributed by atoms with Crippen LogP contribution in [0.25, 0.3) is 11.3 Å². The van der Waals surface area contributed by atoms with E-state index in [0.29, 0.717) is 6.54 Å². The lowest BCUT2D eigenvalue weighted by molar-refractivity contribution is 0.0954. The first-order chi connectivity index (χ1) is 10.2. The highest BCUT2D eigenvalue weighted by molar-refractivity contribution is 7.12. The molecular formula is C16H15N3OS. The number of aryl methyl sites for hydroxylation is 1. The van der Waals surface area contributed by atoms with Crippen LogP contribution in [-0.4, -0.2) is 16.1 Å². The fraction of sp³-hybridized carbons (Fsp3) is 0.125. The average Bonchev–Trinajstić information content (AvgIpc) is 3.16. The van der Waals surface area contributed by atoms with Crippen molar-refractivity contribution in [3.05, 3.63) is 64.0 Å². The number of nitrogens with zero attached hydrogens (tertiary/aromatic N) is 1. The van der Waals surface area contributed by atoms with E-state index < -0.39 is 0 Å². The summed E-state index contributed by atoms with van der Waals surface area (Å²) in [6, 6.07) is 11.9. The Morgan fingerprint density at radius 2 is 2.05 bits per heavy atom. The maximum absolute atomic E-state index is 12.0. The predicted molar refractivity (Wildman–Crippen MR) is 84.2 cm³/mol. The molecule has 0 fully saturated rings. The minimum Gasteiger partial charge on any atom is -0.347 e. The van der Waals surface area contributed by atoms with E-state index in [4.69, 9.17) is 0 Å². The van der Waals surface area contributed by atoms with Gasteiger partial charge in [-0.25, -0.2) is 0 Å². The lowest BCUT2D eigenvalue weighted by Crippen LogP contribution is -2.22. The Bertz CT molecular complexity index is 729. The number of carbonyl (C=O) groups is 1. The molecule has 0 atom stereocenters. The van der Waals surface area contributed by atoms with Gasteiger partial charge in [-0.3, -0.25) is 9.89 Å². The minimum absolute atomic E-state index is 0.0138. The third kappa shape index (κ3) is 3.03. The Morgan fingerprint density at radius 1 is 1.24 bits per heavy atom. The normalized spacial score (nSPS) is 10.5.